The Labute approximate surface area is 149 Å². The molecule has 6 aliphatic carbocycles. The third-order valence-electron chi connectivity index (χ3n) is 8.87. The van der Waals surface area contributed by atoms with Crippen molar-refractivity contribution in [2.45, 2.75) is 76.9 Å². The second-order valence-corrected chi connectivity index (χ2v) is 17.7. The number of rotatable bonds is 3. The van der Waals surface area contributed by atoms with Gasteiger partial charge in [-0.25, -0.2) is 0 Å². The van der Waals surface area contributed by atoms with Crippen molar-refractivity contribution in [1.29, 1.82) is 0 Å². The van der Waals surface area contributed by atoms with Crippen molar-refractivity contribution >= 4 is 26.3 Å². The first kappa shape index (κ1) is 16.5. The van der Waals surface area contributed by atoms with Gasteiger partial charge in [-0.2, -0.15) is 0 Å². The van der Waals surface area contributed by atoms with Crippen LogP contribution >= 0.6 is 0 Å². The molecule has 0 aliphatic heterocycles. The van der Waals surface area contributed by atoms with Crippen LogP contribution in [0.3, 0.4) is 0 Å². The fraction of sp³-hybridized carbons (Fsp3) is 1.00. The van der Waals surface area contributed by atoms with E-state index in [4.69, 9.17) is 0 Å². The Kier molecular flexibility index (Phi) is 3.95. The van der Waals surface area contributed by atoms with E-state index in [1.54, 1.807) is 25.7 Å². The van der Waals surface area contributed by atoms with Crippen molar-refractivity contribution in [1.82, 2.24) is 0 Å². The topological polar surface area (TPSA) is 0 Å². The van der Waals surface area contributed by atoms with Crippen molar-refractivity contribution in [3.05, 3.63) is 0 Å². The minimum absolute atomic E-state index is 0.683. The molecule has 22 heavy (non-hydrogen) atoms. The van der Waals surface area contributed by atoms with E-state index in [-0.39, 0.29) is 0 Å². The summed E-state index contributed by atoms with van der Waals surface area (Å²) < 4.78 is 0. The molecule has 126 valence electrons. The van der Waals surface area contributed by atoms with Gasteiger partial charge in [0.15, 0.2) is 0 Å². The number of fused-ring (bicyclic) bond motifs is 4. The quantitative estimate of drug-likeness (QED) is 0.532. The molecule has 0 saturated heterocycles. The molecule has 0 spiro atoms. The van der Waals surface area contributed by atoms with E-state index in [2.05, 4.69) is 41.5 Å². The first-order chi connectivity index (χ1) is 10.2. The van der Waals surface area contributed by atoms with E-state index >= 15 is 0 Å². The molecule has 8 atom stereocenters. The molecule has 0 amide bonds. The third kappa shape index (κ3) is 2.20. The van der Waals surface area contributed by atoms with Crippen molar-refractivity contribution in [2.24, 2.45) is 46.3 Å². The maximum atomic E-state index is 2.61. The number of hydrogen-bond donors (Lipinski definition) is 0. The van der Waals surface area contributed by atoms with Crippen LogP contribution in [0, 0.1) is 46.3 Å². The summed E-state index contributed by atoms with van der Waals surface area (Å²) in [5.41, 5.74) is 1.37. The summed E-state index contributed by atoms with van der Waals surface area (Å²) in [4.78, 5) is 2.28. The molecular weight excluding hydrogens is 398 g/mol. The van der Waals surface area contributed by atoms with Crippen LogP contribution in [0.25, 0.3) is 0 Å². The summed E-state index contributed by atoms with van der Waals surface area (Å²) in [5, 5.41) is 0. The fourth-order valence-corrected chi connectivity index (χ4v) is 18.7. The minimum atomic E-state index is 0.683. The van der Waals surface area contributed by atoms with Crippen molar-refractivity contribution in [3.8, 4) is 0 Å². The van der Waals surface area contributed by atoms with E-state index in [0.29, 0.717) is 10.8 Å². The van der Waals surface area contributed by atoms with Crippen LogP contribution in [0.5, 0.6) is 0 Å². The van der Waals surface area contributed by atoms with Gasteiger partial charge < -0.3 is 0 Å². The Bertz CT molecular complexity index is 413. The van der Waals surface area contributed by atoms with Crippen LogP contribution < -0.4 is 0 Å². The van der Waals surface area contributed by atoms with E-state index in [1.807, 2.05) is 0 Å². The molecule has 0 N–H and O–H groups in total. The SMILES string of the molecule is C[C@@H]1[C@@H]([Se][Se][C@H]2C[C@H]3C[C@@H]([C@@H]2C)C3(C)C)C[C@H]2C[C@@H]1C2(C)C. The Hall–Kier alpha value is 1.04. The second-order valence-electron chi connectivity index (χ2n) is 10.2. The summed E-state index contributed by atoms with van der Waals surface area (Å²) in [6.07, 6.45) is 6.30. The average molecular weight is 432 g/mol. The maximum absolute atomic E-state index is 2.61. The summed E-state index contributed by atoms with van der Waals surface area (Å²) in [5.74, 6) is 6.34. The molecule has 6 fully saturated rings. The van der Waals surface area contributed by atoms with Gasteiger partial charge in [-0.15, -0.1) is 0 Å². The first-order valence-electron chi connectivity index (χ1n) is 9.55. The van der Waals surface area contributed by atoms with Crippen LogP contribution in [0.15, 0.2) is 0 Å². The monoisotopic (exact) mass is 434 g/mol. The third-order valence-corrected chi connectivity index (χ3v) is 19.4. The average Bonchev–Trinajstić information content (AvgIpc) is 2.46. The molecule has 0 aromatic carbocycles. The molecule has 6 rings (SSSR count). The molecule has 4 bridgehead atoms. The molecular formula is C20H34Se2. The van der Waals surface area contributed by atoms with Crippen molar-refractivity contribution < 1.29 is 0 Å². The zero-order chi connectivity index (χ0) is 15.9. The Balaban J connectivity index is 1.33. The Morgan fingerprint density at radius 1 is 0.636 bits per heavy atom. The molecule has 0 heterocycles. The van der Waals surface area contributed by atoms with Gasteiger partial charge in [0.2, 0.25) is 0 Å². The van der Waals surface area contributed by atoms with E-state index in [9.17, 15) is 0 Å². The molecule has 0 nitrogen and oxygen atoms in total. The van der Waals surface area contributed by atoms with Gasteiger partial charge in [0.1, 0.15) is 0 Å². The van der Waals surface area contributed by atoms with Gasteiger partial charge in [0.05, 0.1) is 0 Å². The first-order valence-corrected chi connectivity index (χ1v) is 15.9. The predicted molar refractivity (Wildman–Crippen MR) is 97.3 cm³/mol. The zero-order valence-corrected chi connectivity index (χ0v) is 18.7. The van der Waals surface area contributed by atoms with Gasteiger partial charge in [-0.05, 0) is 0 Å². The standard InChI is InChI=1S/C20H34Se2/c1-11-15-7-13(19(15,3)4)9-17(11)21-22-18-10-14-8-16(12(18)2)20(14,5)6/h11-18H,7-10H2,1-6H3/t11-,12-,13+,14+,15-,16-,17-,18-/m0/s1. The molecule has 6 saturated carbocycles. The summed E-state index contributed by atoms with van der Waals surface area (Å²) >= 11 is 1.96. The van der Waals surface area contributed by atoms with Crippen LogP contribution in [-0.4, -0.2) is 26.3 Å². The number of hydrogen-bond acceptors (Lipinski definition) is 0. The molecule has 0 radical (unpaired) electrons. The van der Waals surface area contributed by atoms with E-state index in [0.717, 1.165) is 71.4 Å². The van der Waals surface area contributed by atoms with Gasteiger partial charge in [0, 0.05) is 0 Å². The molecule has 6 aliphatic rings. The molecule has 0 aromatic rings. The summed E-state index contributed by atoms with van der Waals surface area (Å²) in [6, 6.07) is 0. The van der Waals surface area contributed by atoms with Crippen LogP contribution in [0.1, 0.15) is 67.2 Å². The zero-order valence-electron chi connectivity index (χ0n) is 15.3. The van der Waals surface area contributed by atoms with Gasteiger partial charge in [-0.1, -0.05) is 0 Å². The van der Waals surface area contributed by atoms with Crippen LogP contribution in [-0.2, 0) is 0 Å². The van der Waals surface area contributed by atoms with Gasteiger partial charge >= 0.3 is 149 Å². The van der Waals surface area contributed by atoms with Crippen molar-refractivity contribution in [2.75, 3.05) is 0 Å². The fourth-order valence-electron chi connectivity index (χ4n) is 6.60. The predicted octanol–water partition coefficient (Wildman–Crippen LogP) is 5.29. The van der Waals surface area contributed by atoms with Crippen LogP contribution in [0.4, 0.5) is 0 Å². The van der Waals surface area contributed by atoms with E-state index in [1.165, 1.54) is 0 Å². The molecule has 2 heteroatoms. The van der Waals surface area contributed by atoms with Gasteiger partial charge in [0.25, 0.3) is 0 Å². The molecule has 0 unspecified atom stereocenters. The summed E-state index contributed by atoms with van der Waals surface area (Å²) in [7, 11) is 0. The summed E-state index contributed by atoms with van der Waals surface area (Å²) in [6.45, 7) is 15.4. The Morgan fingerprint density at radius 3 is 1.27 bits per heavy atom. The Morgan fingerprint density at radius 2 is 1.00 bits per heavy atom. The van der Waals surface area contributed by atoms with Crippen molar-refractivity contribution in [3.63, 3.8) is 0 Å². The van der Waals surface area contributed by atoms with Crippen LogP contribution in [0.2, 0.25) is 9.63 Å². The second kappa shape index (κ2) is 5.27. The van der Waals surface area contributed by atoms with Gasteiger partial charge in [-0.3, -0.25) is 0 Å². The van der Waals surface area contributed by atoms with E-state index < -0.39 is 0 Å². The normalized spacial score (nSPS) is 54.3. The molecule has 0 aromatic heterocycles.